The molecule has 0 amide bonds. The molecular weight excluding hydrogens is 807 g/mol. The summed E-state index contributed by atoms with van der Waals surface area (Å²) in [6.45, 7) is 13.8. The van der Waals surface area contributed by atoms with E-state index in [0.717, 1.165) is 62.3 Å². The first-order chi connectivity index (χ1) is 23.7. The molecule has 0 saturated heterocycles. The fourth-order valence-corrected chi connectivity index (χ4v) is 8.16. The van der Waals surface area contributed by atoms with Gasteiger partial charge in [-0.1, -0.05) is 122 Å². The molecule has 0 N–H and O–H groups in total. The fourth-order valence-electron chi connectivity index (χ4n) is 6.57. The van der Waals surface area contributed by atoms with E-state index in [-0.39, 0.29) is 20.1 Å². The minimum atomic E-state index is -1.34. The summed E-state index contributed by atoms with van der Waals surface area (Å²) in [4.78, 5) is 9.67. The van der Waals surface area contributed by atoms with E-state index in [1.807, 2.05) is 36.4 Å². The number of hydrogen-bond donors (Lipinski definition) is 0. The van der Waals surface area contributed by atoms with Crippen LogP contribution >= 0.6 is 0 Å². The number of aromatic nitrogens is 3. The summed E-state index contributed by atoms with van der Waals surface area (Å²) in [5, 5.41) is 4.90. The number of rotatable bonds is 6. The summed E-state index contributed by atoms with van der Waals surface area (Å²) in [7, 11) is -1.34. The summed E-state index contributed by atoms with van der Waals surface area (Å²) in [5.74, 6) is 1.50. The molecule has 0 aliphatic carbocycles. The van der Waals surface area contributed by atoms with Crippen LogP contribution in [0.1, 0.15) is 25.0 Å². The third kappa shape index (κ3) is 7.15. The summed E-state index contributed by atoms with van der Waals surface area (Å²) < 4.78 is 8.00. The molecule has 0 fully saturated rings. The van der Waals surface area contributed by atoms with Crippen molar-refractivity contribution in [3.05, 3.63) is 145 Å². The van der Waals surface area contributed by atoms with Gasteiger partial charge in [0.15, 0.2) is 0 Å². The Hall–Kier alpha value is -4.61. The number of nitrogens with zero attached hydrogens (tertiary/aromatic N) is 3. The van der Waals surface area contributed by atoms with Gasteiger partial charge in [-0.05, 0) is 53.7 Å². The average molecular weight is 848 g/mol. The Kier molecular flexibility index (Phi) is 10.4. The van der Waals surface area contributed by atoms with Crippen LogP contribution in [0.2, 0.25) is 19.6 Å². The molecule has 8 rings (SSSR count). The number of fused-ring (bicyclic) bond motifs is 3. The van der Waals surface area contributed by atoms with Crippen molar-refractivity contribution < 1.29 is 24.5 Å². The van der Waals surface area contributed by atoms with E-state index >= 15 is 0 Å². The standard InChI is InChI=1S/C26H17N2O.C18H24NSi.Ir/c1-17-13-14-20-21(16-29-25(20)15-17)26-27-22-10-4-5-11-24(22)28(26)23-12-6-8-18-7-2-3-9-19(18)23;1-14(2)11-16-12-17(15-9-7-6-8-10-15)19-13-18(16)20(3,4)5;/h2-15H,1H3;6-9,12-14H,11H2,1-5H3;/q2*-1;. The third-order valence-electron chi connectivity index (χ3n) is 8.87. The number of hydrogen-bond acceptors (Lipinski definition) is 3. The number of aryl methyl sites for hydroxylation is 1. The Morgan fingerprint density at radius 1 is 0.820 bits per heavy atom. The Balaban J connectivity index is 0.000000182. The Labute approximate surface area is 309 Å². The van der Waals surface area contributed by atoms with Crippen molar-refractivity contribution in [1.82, 2.24) is 14.5 Å². The number of imidazole rings is 1. The van der Waals surface area contributed by atoms with E-state index in [2.05, 4.69) is 147 Å². The molecule has 6 heteroatoms. The monoisotopic (exact) mass is 848 g/mol. The summed E-state index contributed by atoms with van der Waals surface area (Å²) >= 11 is 0. The first-order valence-corrected chi connectivity index (χ1v) is 20.5. The van der Waals surface area contributed by atoms with E-state index in [1.165, 1.54) is 21.5 Å². The van der Waals surface area contributed by atoms with Gasteiger partial charge in [0, 0.05) is 49.2 Å². The molecule has 0 atom stereocenters. The first kappa shape index (κ1) is 35.2. The van der Waals surface area contributed by atoms with Crippen LogP contribution in [0.25, 0.3) is 61.1 Å². The maximum atomic E-state index is 5.78. The SMILES string of the molecule is CC(C)Cc1cc(-c2[c-]cccc2)ncc1[Si](C)(C)C.Cc1ccc2c(-c3nc4ccccc4n3-c3cccc4ccccc34)[c-]oc2c1.[Ir]. The van der Waals surface area contributed by atoms with Crippen LogP contribution in [-0.2, 0) is 26.5 Å². The molecule has 3 heterocycles. The van der Waals surface area contributed by atoms with Crippen LogP contribution in [0, 0.1) is 25.2 Å². The van der Waals surface area contributed by atoms with Crippen LogP contribution in [0.5, 0.6) is 0 Å². The van der Waals surface area contributed by atoms with Crippen LogP contribution in [0.3, 0.4) is 0 Å². The minimum Gasteiger partial charge on any atom is -0.557 e. The van der Waals surface area contributed by atoms with Crippen molar-refractivity contribution in [2.75, 3.05) is 0 Å². The predicted molar refractivity (Wildman–Crippen MR) is 207 cm³/mol. The molecule has 5 aromatic carbocycles. The van der Waals surface area contributed by atoms with Gasteiger partial charge in [0.05, 0.1) is 24.9 Å². The molecular formula is C44H41IrN3OSi-2. The zero-order valence-corrected chi connectivity index (χ0v) is 32.8. The van der Waals surface area contributed by atoms with Crippen molar-refractivity contribution in [3.8, 4) is 28.3 Å². The van der Waals surface area contributed by atoms with Crippen molar-refractivity contribution in [1.29, 1.82) is 0 Å². The van der Waals surface area contributed by atoms with Crippen LogP contribution in [0.4, 0.5) is 0 Å². The molecule has 253 valence electrons. The van der Waals surface area contributed by atoms with Crippen molar-refractivity contribution >= 4 is 46.0 Å². The predicted octanol–water partition coefficient (Wildman–Crippen LogP) is 11.0. The second-order valence-corrected chi connectivity index (χ2v) is 19.2. The molecule has 4 nitrogen and oxygen atoms in total. The molecule has 50 heavy (non-hydrogen) atoms. The van der Waals surface area contributed by atoms with Gasteiger partial charge in [0.2, 0.25) is 0 Å². The summed E-state index contributed by atoms with van der Waals surface area (Å²) in [6.07, 6.45) is 6.36. The van der Waals surface area contributed by atoms with E-state index < -0.39 is 8.07 Å². The van der Waals surface area contributed by atoms with Crippen LogP contribution in [-0.4, -0.2) is 22.6 Å². The van der Waals surface area contributed by atoms with Gasteiger partial charge in [-0.15, -0.1) is 42.0 Å². The van der Waals surface area contributed by atoms with Gasteiger partial charge in [0.1, 0.15) is 0 Å². The van der Waals surface area contributed by atoms with E-state index in [4.69, 9.17) is 9.40 Å². The Bertz CT molecular complexity index is 2400. The van der Waals surface area contributed by atoms with Crippen molar-refractivity contribution in [2.45, 2.75) is 46.8 Å². The second-order valence-electron chi connectivity index (χ2n) is 14.2. The normalized spacial score (nSPS) is 11.5. The van der Waals surface area contributed by atoms with Gasteiger partial charge in [-0.3, -0.25) is 4.98 Å². The van der Waals surface area contributed by atoms with Gasteiger partial charge in [0.25, 0.3) is 0 Å². The van der Waals surface area contributed by atoms with E-state index in [1.54, 1.807) is 0 Å². The van der Waals surface area contributed by atoms with Crippen LogP contribution < -0.4 is 5.19 Å². The fraction of sp³-hybridized carbons (Fsp3) is 0.182. The maximum absolute atomic E-state index is 5.78. The van der Waals surface area contributed by atoms with Gasteiger partial charge < -0.3 is 14.0 Å². The molecule has 0 aliphatic heterocycles. The van der Waals surface area contributed by atoms with Crippen molar-refractivity contribution in [3.63, 3.8) is 0 Å². The van der Waals surface area contributed by atoms with Crippen LogP contribution in [0.15, 0.2) is 126 Å². The number of para-hydroxylation sites is 2. The Morgan fingerprint density at radius 3 is 2.36 bits per heavy atom. The van der Waals surface area contributed by atoms with Gasteiger partial charge in [-0.2, -0.15) is 0 Å². The van der Waals surface area contributed by atoms with E-state index in [0.29, 0.717) is 5.92 Å². The smallest absolute Gasteiger partial charge is 0.0798 e. The largest absolute Gasteiger partial charge is 0.557 e. The molecule has 0 spiro atoms. The zero-order valence-electron chi connectivity index (χ0n) is 29.4. The number of pyridine rings is 1. The van der Waals surface area contributed by atoms with E-state index in [9.17, 15) is 0 Å². The molecule has 0 saturated carbocycles. The summed E-state index contributed by atoms with van der Waals surface area (Å²) in [6, 6.07) is 42.9. The molecule has 0 bridgehead atoms. The molecule has 8 aromatic rings. The molecule has 3 aromatic heterocycles. The van der Waals surface area contributed by atoms with Gasteiger partial charge >= 0.3 is 0 Å². The zero-order chi connectivity index (χ0) is 34.1. The molecule has 0 unspecified atom stereocenters. The number of furan rings is 1. The first-order valence-electron chi connectivity index (χ1n) is 17.0. The number of benzene rings is 5. The second kappa shape index (κ2) is 14.7. The Morgan fingerprint density at radius 2 is 1.58 bits per heavy atom. The van der Waals surface area contributed by atoms with Gasteiger partial charge in [-0.25, -0.2) is 0 Å². The van der Waals surface area contributed by atoms with Crippen molar-refractivity contribution in [2.24, 2.45) is 5.92 Å². The topological polar surface area (TPSA) is 43.9 Å². The average Bonchev–Trinajstić information content (AvgIpc) is 3.69. The maximum Gasteiger partial charge on any atom is 0.0798 e. The summed E-state index contributed by atoms with van der Waals surface area (Å²) in [5.41, 5.74) is 9.58. The quantitative estimate of drug-likeness (QED) is 0.124. The molecule has 0 aliphatic rings. The third-order valence-corrected chi connectivity index (χ3v) is 10.9. The minimum absolute atomic E-state index is 0. The molecule has 1 radical (unpaired) electrons.